The minimum absolute atomic E-state index is 0.0321. The molecule has 0 radical (unpaired) electrons. The van der Waals surface area contributed by atoms with Crippen LogP contribution in [0.1, 0.15) is 11.3 Å². The van der Waals surface area contributed by atoms with E-state index in [9.17, 15) is 31.2 Å². The Morgan fingerprint density at radius 2 is 1.75 bits per heavy atom. The van der Waals surface area contributed by atoms with Crippen molar-refractivity contribution in [3.05, 3.63) is 35.5 Å². The van der Waals surface area contributed by atoms with Crippen LogP contribution in [0.4, 0.5) is 24.7 Å². The van der Waals surface area contributed by atoms with Crippen molar-refractivity contribution in [3.8, 4) is 0 Å². The van der Waals surface area contributed by atoms with Gasteiger partial charge in [-0.05, 0) is 38.1 Å². The molecule has 0 fully saturated rings. The fourth-order valence-corrected chi connectivity index (χ4v) is 2.92. The molecule has 2 rings (SSSR count). The third-order valence-corrected chi connectivity index (χ3v) is 4.85. The molecule has 1 aromatic carbocycles. The monoisotopic (exact) mass is 420 g/mol. The quantitative estimate of drug-likeness (QED) is 0.652. The molecule has 0 spiro atoms. The van der Waals surface area contributed by atoms with E-state index in [-0.39, 0.29) is 16.5 Å². The lowest BCUT2D eigenvalue weighted by atomic mass is 10.3. The van der Waals surface area contributed by atoms with Crippen LogP contribution >= 0.6 is 0 Å². The Morgan fingerprint density at radius 3 is 2.25 bits per heavy atom. The summed E-state index contributed by atoms with van der Waals surface area (Å²) in [6.07, 6.45) is -5.09. The van der Waals surface area contributed by atoms with Crippen molar-refractivity contribution in [1.29, 1.82) is 0 Å². The van der Waals surface area contributed by atoms with Gasteiger partial charge in [0, 0.05) is 11.3 Å². The van der Waals surface area contributed by atoms with Crippen molar-refractivity contribution in [2.24, 2.45) is 0 Å². The van der Waals surface area contributed by atoms with Crippen LogP contribution in [0.2, 0.25) is 0 Å². The second kappa shape index (κ2) is 7.88. The van der Waals surface area contributed by atoms with Gasteiger partial charge in [0.15, 0.2) is 0 Å². The van der Waals surface area contributed by atoms with Gasteiger partial charge in [0.25, 0.3) is 10.0 Å². The molecule has 1 aromatic heterocycles. The lowest BCUT2D eigenvalue weighted by Crippen LogP contribution is -2.41. The predicted molar refractivity (Wildman–Crippen MR) is 90.9 cm³/mol. The Hall–Kier alpha value is -3.09. The lowest BCUT2D eigenvalue weighted by molar-refractivity contribution is -0.173. The maximum atomic E-state index is 12.3. The number of nitrogens with one attached hydrogen (secondary N) is 3. The molecular formula is C15H15F3N4O5S. The zero-order chi connectivity index (χ0) is 21.1. The van der Waals surface area contributed by atoms with E-state index in [4.69, 9.17) is 4.52 Å². The molecule has 0 aliphatic carbocycles. The highest BCUT2D eigenvalue weighted by Crippen LogP contribution is 2.22. The number of aryl methyl sites for hydroxylation is 1. The number of alkyl halides is 3. The molecule has 0 unspecified atom stereocenters. The van der Waals surface area contributed by atoms with Crippen molar-refractivity contribution < 1.29 is 35.7 Å². The maximum Gasteiger partial charge on any atom is 0.471 e. The van der Waals surface area contributed by atoms with E-state index in [0.29, 0.717) is 11.3 Å². The van der Waals surface area contributed by atoms with E-state index in [2.05, 4.69) is 15.2 Å². The van der Waals surface area contributed by atoms with Gasteiger partial charge in [-0.25, -0.2) is 13.1 Å². The minimum Gasteiger partial charge on any atom is -0.339 e. The first-order valence-electron chi connectivity index (χ1n) is 7.61. The SMILES string of the molecule is Cc1noc(NS(=O)(=O)c2ccc(NC(=O)CNC(=O)C(F)(F)F)cc2)c1C. The van der Waals surface area contributed by atoms with E-state index in [1.54, 1.807) is 13.8 Å². The van der Waals surface area contributed by atoms with Crippen LogP contribution in [-0.4, -0.2) is 38.1 Å². The summed E-state index contributed by atoms with van der Waals surface area (Å²) in [6, 6.07) is 4.81. The molecule has 0 saturated heterocycles. The molecule has 3 N–H and O–H groups in total. The third-order valence-electron chi connectivity index (χ3n) is 3.50. The number of benzene rings is 1. The van der Waals surface area contributed by atoms with E-state index in [1.165, 1.54) is 29.6 Å². The Bertz CT molecular complexity index is 984. The van der Waals surface area contributed by atoms with Crippen LogP contribution < -0.4 is 15.4 Å². The normalized spacial score (nSPS) is 11.8. The van der Waals surface area contributed by atoms with Crippen LogP contribution in [-0.2, 0) is 19.6 Å². The van der Waals surface area contributed by atoms with Gasteiger partial charge in [-0.2, -0.15) is 13.2 Å². The van der Waals surface area contributed by atoms with Crippen molar-refractivity contribution in [2.45, 2.75) is 24.9 Å². The van der Waals surface area contributed by atoms with Crippen LogP contribution in [0.25, 0.3) is 0 Å². The third kappa shape index (κ3) is 5.22. The Morgan fingerprint density at radius 1 is 1.14 bits per heavy atom. The van der Waals surface area contributed by atoms with Crippen molar-refractivity contribution in [2.75, 3.05) is 16.6 Å². The molecule has 0 saturated carbocycles. The fraction of sp³-hybridized carbons (Fsp3) is 0.267. The molecule has 0 bridgehead atoms. The number of sulfonamides is 1. The molecule has 9 nitrogen and oxygen atoms in total. The number of hydrogen-bond donors (Lipinski definition) is 3. The van der Waals surface area contributed by atoms with Gasteiger partial charge in [0.2, 0.25) is 11.8 Å². The molecule has 0 atom stereocenters. The highest BCUT2D eigenvalue weighted by atomic mass is 32.2. The van der Waals surface area contributed by atoms with E-state index in [1.807, 2.05) is 0 Å². The van der Waals surface area contributed by atoms with E-state index in [0.717, 1.165) is 0 Å². The standard InChI is InChI=1S/C15H15F3N4O5S/c1-8-9(2)21-27-13(8)22-28(25,26)11-5-3-10(4-6-11)20-12(23)7-19-14(24)15(16,17)18/h3-6,22H,7H2,1-2H3,(H,19,24)(H,20,23). The first kappa shape index (κ1) is 21.2. The summed E-state index contributed by atoms with van der Waals surface area (Å²) in [7, 11) is -3.98. The maximum absolute atomic E-state index is 12.3. The van der Waals surface area contributed by atoms with E-state index >= 15 is 0 Å². The molecule has 152 valence electrons. The number of hydrogen-bond acceptors (Lipinski definition) is 6. The molecule has 13 heteroatoms. The van der Waals surface area contributed by atoms with Gasteiger partial charge in [-0.3, -0.25) is 9.59 Å². The number of anilines is 2. The molecule has 2 amide bonds. The Kier molecular flexibility index (Phi) is 5.97. The van der Waals surface area contributed by atoms with Crippen LogP contribution in [0.3, 0.4) is 0 Å². The first-order valence-corrected chi connectivity index (χ1v) is 9.09. The van der Waals surface area contributed by atoms with Gasteiger partial charge in [0.05, 0.1) is 17.1 Å². The largest absolute Gasteiger partial charge is 0.471 e. The van der Waals surface area contributed by atoms with E-state index < -0.39 is 34.6 Å². The van der Waals surface area contributed by atoms with Crippen molar-refractivity contribution >= 4 is 33.4 Å². The highest BCUT2D eigenvalue weighted by molar-refractivity contribution is 7.92. The molecule has 28 heavy (non-hydrogen) atoms. The second-order valence-corrected chi connectivity index (χ2v) is 7.26. The highest BCUT2D eigenvalue weighted by Gasteiger charge is 2.38. The summed E-state index contributed by atoms with van der Waals surface area (Å²) in [4.78, 5) is 22.1. The number of aromatic nitrogens is 1. The van der Waals surface area contributed by atoms with Crippen LogP contribution in [0.5, 0.6) is 0 Å². The van der Waals surface area contributed by atoms with Gasteiger partial charge < -0.3 is 15.2 Å². The molecule has 2 aromatic rings. The predicted octanol–water partition coefficient (Wildman–Crippen LogP) is 1.71. The summed E-state index contributed by atoms with van der Waals surface area (Å²) >= 11 is 0. The van der Waals surface area contributed by atoms with Crippen molar-refractivity contribution in [3.63, 3.8) is 0 Å². The lowest BCUT2D eigenvalue weighted by Gasteiger charge is -2.09. The fourth-order valence-electron chi connectivity index (χ4n) is 1.87. The zero-order valence-electron chi connectivity index (χ0n) is 14.5. The topological polar surface area (TPSA) is 130 Å². The van der Waals surface area contributed by atoms with Gasteiger partial charge >= 0.3 is 12.1 Å². The summed E-state index contributed by atoms with van der Waals surface area (Å²) in [5.41, 5.74) is 1.17. The number of carbonyl (C=O) groups excluding carboxylic acids is 2. The minimum atomic E-state index is -5.09. The van der Waals surface area contributed by atoms with Crippen LogP contribution in [0, 0.1) is 13.8 Å². The smallest absolute Gasteiger partial charge is 0.339 e. The summed E-state index contributed by atoms with van der Waals surface area (Å²) in [5.74, 6) is -3.19. The van der Waals surface area contributed by atoms with Crippen LogP contribution in [0.15, 0.2) is 33.7 Å². The van der Waals surface area contributed by atoms with Gasteiger partial charge in [-0.1, -0.05) is 5.16 Å². The Labute approximate surface area is 157 Å². The molecule has 0 aliphatic heterocycles. The number of amides is 2. The summed E-state index contributed by atoms with van der Waals surface area (Å²) < 4.78 is 67.9. The number of carbonyl (C=O) groups is 2. The second-order valence-electron chi connectivity index (χ2n) is 5.58. The van der Waals surface area contributed by atoms with Crippen molar-refractivity contribution in [1.82, 2.24) is 10.5 Å². The van der Waals surface area contributed by atoms with Gasteiger partial charge in [0.1, 0.15) is 0 Å². The average Bonchev–Trinajstić information content (AvgIpc) is 2.91. The molecule has 0 aliphatic rings. The number of rotatable bonds is 6. The van der Waals surface area contributed by atoms with Gasteiger partial charge in [-0.15, -0.1) is 0 Å². The first-order chi connectivity index (χ1) is 12.9. The zero-order valence-corrected chi connectivity index (χ0v) is 15.4. The molecule has 1 heterocycles. The Balaban J connectivity index is 1.99. The number of halogens is 3. The summed E-state index contributed by atoms with van der Waals surface area (Å²) in [6.45, 7) is 2.37. The average molecular weight is 420 g/mol. The summed E-state index contributed by atoms with van der Waals surface area (Å²) in [5, 5.41) is 7.28. The molecular weight excluding hydrogens is 405 g/mol. The number of nitrogens with zero attached hydrogens (tertiary/aromatic N) is 1.